The van der Waals surface area contributed by atoms with Crippen molar-refractivity contribution >= 4 is 32.4 Å². The van der Waals surface area contributed by atoms with Gasteiger partial charge in [-0.1, -0.05) is 12.1 Å². The Balaban J connectivity index is 2.21. The van der Waals surface area contributed by atoms with E-state index in [9.17, 15) is 12.6 Å². The molecule has 7 heteroatoms. The molecule has 0 bridgehead atoms. The van der Waals surface area contributed by atoms with Crippen molar-refractivity contribution < 1.29 is 12.6 Å². The summed E-state index contributed by atoms with van der Waals surface area (Å²) in [4.78, 5) is 0.268. The standard InChI is InChI=1S/C11H14ClNO3S2/c12-9-10-1-3-11(4-2-10)18(15,16)13-5-7-17(14)8-6-13/h1-4H,5-9H2. The van der Waals surface area contributed by atoms with Gasteiger partial charge in [-0.15, -0.1) is 11.6 Å². The number of rotatable bonds is 3. The fourth-order valence-corrected chi connectivity index (χ4v) is 4.66. The lowest BCUT2D eigenvalue weighted by Gasteiger charge is -2.25. The molecule has 1 heterocycles. The largest absolute Gasteiger partial charge is 0.259 e. The molecule has 1 aliphatic heterocycles. The number of halogens is 1. The molecule has 0 aliphatic carbocycles. The van der Waals surface area contributed by atoms with E-state index in [1.54, 1.807) is 24.3 Å². The summed E-state index contributed by atoms with van der Waals surface area (Å²) in [5.41, 5.74) is 0.885. The molecule has 0 atom stereocenters. The van der Waals surface area contributed by atoms with Gasteiger partial charge >= 0.3 is 0 Å². The lowest BCUT2D eigenvalue weighted by atomic mass is 10.2. The summed E-state index contributed by atoms with van der Waals surface area (Å²) in [6.45, 7) is 0.651. The van der Waals surface area contributed by atoms with E-state index in [1.807, 2.05) is 0 Å². The van der Waals surface area contributed by atoms with Crippen molar-refractivity contribution in [3.05, 3.63) is 29.8 Å². The zero-order valence-corrected chi connectivity index (χ0v) is 12.1. The van der Waals surface area contributed by atoms with Crippen LogP contribution in [0, 0.1) is 0 Å². The number of benzene rings is 1. The van der Waals surface area contributed by atoms with Gasteiger partial charge in [0.15, 0.2) is 0 Å². The van der Waals surface area contributed by atoms with Crippen LogP contribution >= 0.6 is 11.6 Å². The number of hydrogen-bond acceptors (Lipinski definition) is 3. The Morgan fingerprint density at radius 3 is 2.22 bits per heavy atom. The molecule has 0 unspecified atom stereocenters. The summed E-state index contributed by atoms with van der Waals surface area (Å²) >= 11 is 5.66. The Hall–Kier alpha value is -0.430. The summed E-state index contributed by atoms with van der Waals surface area (Å²) in [5, 5.41) is 0. The molecule has 1 fully saturated rings. The topological polar surface area (TPSA) is 54.5 Å². The second kappa shape index (κ2) is 5.69. The third-order valence-electron chi connectivity index (χ3n) is 2.85. The zero-order valence-electron chi connectivity index (χ0n) is 9.71. The van der Waals surface area contributed by atoms with Crippen LogP contribution < -0.4 is 0 Å². The minimum Gasteiger partial charge on any atom is -0.259 e. The third kappa shape index (κ3) is 2.93. The van der Waals surface area contributed by atoms with E-state index in [0.717, 1.165) is 5.56 Å². The predicted octanol–water partition coefficient (Wildman–Crippen LogP) is 1.18. The van der Waals surface area contributed by atoms with E-state index < -0.39 is 20.8 Å². The first-order chi connectivity index (χ1) is 8.54. The van der Waals surface area contributed by atoms with E-state index >= 15 is 0 Å². The van der Waals surface area contributed by atoms with Crippen LogP contribution in [0.4, 0.5) is 0 Å². The molecule has 1 saturated heterocycles. The van der Waals surface area contributed by atoms with Crippen LogP contribution in [0.2, 0.25) is 0 Å². The molecule has 0 amide bonds. The predicted molar refractivity (Wildman–Crippen MR) is 72.6 cm³/mol. The van der Waals surface area contributed by atoms with Crippen LogP contribution in [-0.4, -0.2) is 41.5 Å². The average Bonchev–Trinajstić information content (AvgIpc) is 2.39. The van der Waals surface area contributed by atoms with Gasteiger partial charge in [0, 0.05) is 41.3 Å². The number of hydrogen-bond donors (Lipinski definition) is 0. The first kappa shape index (κ1) is 14.0. The highest BCUT2D eigenvalue weighted by Crippen LogP contribution is 2.18. The molecular weight excluding hydrogens is 294 g/mol. The first-order valence-electron chi connectivity index (χ1n) is 5.54. The van der Waals surface area contributed by atoms with Crippen LogP contribution in [-0.2, 0) is 26.7 Å². The molecule has 0 N–H and O–H groups in total. The average molecular weight is 308 g/mol. The number of alkyl halides is 1. The lowest BCUT2D eigenvalue weighted by molar-refractivity contribution is 0.438. The van der Waals surface area contributed by atoms with E-state index in [1.165, 1.54) is 4.31 Å². The highest BCUT2D eigenvalue weighted by molar-refractivity contribution is 7.89. The van der Waals surface area contributed by atoms with Gasteiger partial charge in [-0.3, -0.25) is 4.21 Å². The van der Waals surface area contributed by atoms with Crippen LogP contribution in [0.3, 0.4) is 0 Å². The first-order valence-corrected chi connectivity index (χ1v) is 9.00. The molecule has 2 rings (SSSR count). The van der Waals surface area contributed by atoms with Gasteiger partial charge in [-0.05, 0) is 17.7 Å². The summed E-state index contributed by atoms with van der Waals surface area (Å²) in [5.74, 6) is 1.20. The Kier molecular flexibility index (Phi) is 4.42. The minimum atomic E-state index is -3.45. The van der Waals surface area contributed by atoms with Crippen molar-refractivity contribution in [2.45, 2.75) is 10.8 Å². The molecular formula is C11H14ClNO3S2. The fourth-order valence-electron chi connectivity index (χ4n) is 1.76. The lowest BCUT2D eigenvalue weighted by Crippen LogP contribution is -2.41. The van der Waals surface area contributed by atoms with Crippen LogP contribution in [0.1, 0.15) is 5.56 Å². The molecule has 1 aromatic rings. The molecule has 0 spiro atoms. The number of nitrogens with zero attached hydrogens (tertiary/aromatic N) is 1. The minimum absolute atomic E-state index is 0.268. The smallest absolute Gasteiger partial charge is 0.243 e. The van der Waals surface area contributed by atoms with Gasteiger partial charge in [0.2, 0.25) is 10.0 Å². The summed E-state index contributed by atoms with van der Waals surface area (Å²) in [6.07, 6.45) is 0. The van der Waals surface area contributed by atoms with Crippen molar-refractivity contribution in [1.82, 2.24) is 4.31 Å². The summed E-state index contributed by atoms with van der Waals surface area (Å²) in [7, 11) is -4.34. The molecule has 1 aliphatic rings. The Morgan fingerprint density at radius 2 is 1.72 bits per heavy atom. The van der Waals surface area contributed by atoms with Gasteiger partial charge in [0.05, 0.1) is 4.90 Å². The molecule has 18 heavy (non-hydrogen) atoms. The highest BCUT2D eigenvalue weighted by atomic mass is 35.5. The Labute approximate surface area is 114 Å². The Bertz CT molecular complexity index is 532. The van der Waals surface area contributed by atoms with E-state index in [0.29, 0.717) is 30.5 Å². The molecule has 100 valence electrons. The highest BCUT2D eigenvalue weighted by Gasteiger charge is 2.27. The third-order valence-corrected chi connectivity index (χ3v) is 6.35. The van der Waals surface area contributed by atoms with E-state index in [2.05, 4.69) is 0 Å². The summed E-state index contributed by atoms with van der Waals surface area (Å²) in [6, 6.07) is 6.56. The van der Waals surface area contributed by atoms with E-state index in [-0.39, 0.29) is 4.90 Å². The Morgan fingerprint density at radius 1 is 1.17 bits per heavy atom. The van der Waals surface area contributed by atoms with Gasteiger partial charge in [0.1, 0.15) is 0 Å². The SMILES string of the molecule is O=S1CCN(S(=O)(=O)c2ccc(CCl)cc2)CC1. The van der Waals surface area contributed by atoms with Crippen molar-refractivity contribution in [2.24, 2.45) is 0 Å². The zero-order chi connectivity index (χ0) is 13.2. The monoisotopic (exact) mass is 307 g/mol. The summed E-state index contributed by atoms with van der Waals surface area (Å²) < 4.78 is 37.2. The van der Waals surface area contributed by atoms with Crippen LogP contribution in [0.25, 0.3) is 0 Å². The quantitative estimate of drug-likeness (QED) is 0.788. The van der Waals surface area contributed by atoms with Crippen LogP contribution in [0.15, 0.2) is 29.2 Å². The van der Waals surface area contributed by atoms with Crippen molar-refractivity contribution in [2.75, 3.05) is 24.6 Å². The van der Waals surface area contributed by atoms with Crippen molar-refractivity contribution in [1.29, 1.82) is 0 Å². The maximum atomic E-state index is 12.3. The van der Waals surface area contributed by atoms with Crippen molar-refractivity contribution in [3.8, 4) is 0 Å². The maximum absolute atomic E-state index is 12.3. The van der Waals surface area contributed by atoms with Crippen molar-refractivity contribution in [3.63, 3.8) is 0 Å². The molecule has 0 radical (unpaired) electrons. The van der Waals surface area contributed by atoms with Crippen LogP contribution in [0.5, 0.6) is 0 Å². The molecule has 1 aromatic carbocycles. The maximum Gasteiger partial charge on any atom is 0.243 e. The normalized spacial score (nSPS) is 18.9. The van der Waals surface area contributed by atoms with Gasteiger partial charge < -0.3 is 0 Å². The van der Waals surface area contributed by atoms with E-state index in [4.69, 9.17) is 11.6 Å². The number of sulfonamides is 1. The van der Waals surface area contributed by atoms with Gasteiger partial charge in [-0.2, -0.15) is 4.31 Å². The molecule has 0 aromatic heterocycles. The fraction of sp³-hybridized carbons (Fsp3) is 0.455. The molecule has 4 nitrogen and oxygen atoms in total. The van der Waals surface area contributed by atoms with Gasteiger partial charge in [0.25, 0.3) is 0 Å². The second-order valence-electron chi connectivity index (χ2n) is 4.03. The molecule has 0 saturated carbocycles. The second-order valence-corrected chi connectivity index (χ2v) is 7.93. The van der Waals surface area contributed by atoms with Gasteiger partial charge in [-0.25, -0.2) is 8.42 Å².